The Labute approximate surface area is 190 Å². The molecule has 1 amide bonds. The van der Waals surface area contributed by atoms with E-state index in [1.54, 1.807) is 13.0 Å². The molecule has 0 bridgehead atoms. The van der Waals surface area contributed by atoms with Gasteiger partial charge in [-0.05, 0) is 50.8 Å². The van der Waals surface area contributed by atoms with Crippen molar-refractivity contribution in [1.82, 2.24) is 15.3 Å². The predicted molar refractivity (Wildman–Crippen MR) is 114 cm³/mol. The average Bonchev–Trinajstić information content (AvgIpc) is 3.21. The van der Waals surface area contributed by atoms with Gasteiger partial charge in [0.05, 0.1) is 36.5 Å². The summed E-state index contributed by atoms with van der Waals surface area (Å²) in [4.78, 5) is 21.6. The first-order valence-electron chi connectivity index (χ1n) is 10.9. The number of nitrogens with one attached hydrogen (secondary N) is 2. The van der Waals surface area contributed by atoms with E-state index in [-0.39, 0.29) is 30.0 Å². The zero-order chi connectivity index (χ0) is 23.8. The van der Waals surface area contributed by atoms with Crippen LogP contribution in [0.4, 0.5) is 19.0 Å². The van der Waals surface area contributed by atoms with Gasteiger partial charge in [-0.3, -0.25) is 4.79 Å². The smallest absolute Gasteiger partial charge is 0.365 e. The van der Waals surface area contributed by atoms with Gasteiger partial charge in [0, 0.05) is 12.1 Å². The lowest BCUT2D eigenvalue weighted by Gasteiger charge is -2.20. The molecule has 0 unspecified atom stereocenters. The van der Waals surface area contributed by atoms with Crippen molar-refractivity contribution in [1.29, 1.82) is 0 Å². The SMILES string of the molecule is Cc1nc(CC(=O)NC2(C)CC2)c(C2OCCO2)c(NCc2cccc(C(F)(F)F)c2C)n1. The number of carbonyl (C=O) groups is 1. The first-order chi connectivity index (χ1) is 15.6. The van der Waals surface area contributed by atoms with E-state index < -0.39 is 18.0 Å². The third-order valence-electron chi connectivity index (χ3n) is 5.96. The van der Waals surface area contributed by atoms with Crippen LogP contribution in [0.25, 0.3) is 0 Å². The van der Waals surface area contributed by atoms with Crippen LogP contribution in [0.3, 0.4) is 0 Å². The standard InChI is InChI=1S/C23H27F3N4O3/c1-13-15(5-4-6-16(13)23(24,25)26)12-27-20-19(21-32-9-10-33-21)17(28-14(2)29-20)11-18(31)30-22(3)7-8-22/h4-6,21H,7-12H2,1-3H3,(H,30,31)(H,27,28,29). The maximum Gasteiger partial charge on any atom is 0.416 e. The molecule has 1 saturated heterocycles. The van der Waals surface area contributed by atoms with Gasteiger partial charge in [0.1, 0.15) is 11.6 Å². The minimum absolute atomic E-state index is 0.0226. The Morgan fingerprint density at radius 2 is 1.88 bits per heavy atom. The van der Waals surface area contributed by atoms with E-state index in [0.717, 1.165) is 18.9 Å². The Kier molecular flexibility index (Phi) is 6.32. The number of hydrogen-bond donors (Lipinski definition) is 2. The van der Waals surface area contributed by atoms with E-state index >= 15 is 0 Å². The summed E-state index contributed by atoms with van der Waals surface area (Å²) in [7, 11) is 0. The number of halogens is 3. The van der Waals surface area contributed by atoms with Gasteiger partial charge >= 0.3 is 6.18 Å². The largest absolute Gasteiger partial charge is 0.416 e. The molecule has 2 fully saturated rings. The monoisotopic (exact) mass is 464 g/mol. The number of nitrogens with zero attached hydrogens (tertiary/aromatic N) is 2. The molecule has 1 aliphatic heterocycles. The summed E-state index contributed by atoms with van der Waals surface area (Å²) < 4.78 is 51.2. The van der Waals surface area contributed by atoms with Crippen molar-refractivity contribution in [2.45, 2.75) is 64.6 Å². The van der Waals surface area contributed by atoms with Gasteiger partial charge < -0.3 is 20.1 Å². The van der Waals surface area contributed by atoms with Gasteiger partial charge in [-0.25, -0.2) is 9.97 Å². The van der Waals surface area contributed by atoms with Crippen LogP contribution in [0.15, 0.2) is 18.2 Å². The molecule has 10 heteroatoms. The highest BCUT2D eigenvalue weighted by molar-refractivity contribution is 5.80. The number of ether oxygens (including phenoxy) is 2. The van der Waals surface area contributed by atoms with Crippen LogP contribution in [0.1, 0.15) is 59.8 Å². The molecule has 0 atom stereocenters. The zero-order valence-electron chi connectivity index (χ0n) is 18.8. The Morgan fingerprint density at radius 1 is 1.18 bits per heavy atom. The lowest BCUT2D eigenvalue weighted by atomic mass is 10.0. The van der Waals surface area contributed by atoms with E-state index in [9.17, 15) is 18.0 Å². The molecule has 1 aliphatic carbocycles. The number of alkyl halides is 3. The number of aryl methyl sites for hydroxylation is 1. The van der Waals surface area contributed by atoms with Crippen molar-refractivity contribution in [3.8, 4) is 0 Å². The molecular weight excluding hydrogens is 437 g/mol. The van der Waals surface area contributed by atoms with Crippen LogP contribution in [-0.2, 0) is 33.4 Å². The maximum atomic E-state index is 13.3. The summed E-state index contributed by atoms with van der Waals surface area (Å²) >= 11 is 0. The van der Waals surface area contributed by atoms with Crippen molar-refractivity contribution >= 4 is 11.7 Å². The van der Waals surface area contributed by atoms with Crippen molar-refractivity contribution in [3.05, 3.63) is 52.0 Å². The molecule has 1 saturated carbocycles. The zero-order valence-corrected chi connectivity index (χ0v) is 18.8. The van der Waals surface area contributed by atoms with E-state index in [1.807, 2.05) is 6.92 Å². The predicted octanol–water partition coefficient (Wildman–Crippen LogP) is 3.98. The molecule has 2 N–H and O–H groups in total. The maximum absolute atomic E-state index is 13.3. The third-order valence-corrected chi connectivity index (χ3v) is 5.96. The second-order valence-electron chi connectivity index (χ2n) is 8.78. The quantitative estimate of drug-likeness (QED) is 0.645. The van der Waals surface area contributed by atoms with Crippen molar-refractivity contribution in [3.63, 3.8) is 0 Å². The summed E-state index contributed by atoms with van der Waals surface area (Å²) in [5.74, 6) is 0.652. The topological polar surface area (TPSA) is 85.4 Å². The Morgan fingerprint density at radius 3 is 2.52 bits per heavy atom. The number of rotatable bonds is 7. The van der Waals surface area contributed by atoms with Gasteiger partial charge in [0.25, 0.3) is 0 Å². The van der Waals surface area contributed by atoms with E-state index in [1.165, 1.54) is 13.0 Å². The molecule has 1 aromatic heterocycles. The number of benzene rings is 1. The van der Waals surface area contributed by atoms with Gasteiger partial charge in [0.15, 0.2) is 6.29 Å². The second kappa shape index (κ2) is 8.90. The summed E-state index contributed by atoms with van der Waals surface area (Å²) in [5.41, 5.74) is 0.770. The molecule has 7 nitrogen and oxygen atoms in total. The van der Waals surface area contributed by atoms with Crippen LogP contribution >= 0.6 is 0 Å². The van der Waals surface area contributed by atoms with Crippen LogP contribution in [0, 0.1) is 13.8 Å². The highest BCUT2D eigenvalue weighted by Gasteiger charge is 2.39. The molecule has 0 spiro atoms. The molecular formula is C23H27F3N4O3. The fraction of sp³-hybridized carbons (Fsp3) is 0.522. The van der Waals surface area contributed by atoms with Gasteiger partial charge in [-0.2, -0.15) is 13.2 Å². The fourth-order valence-electron chi connectivity index (χ4n) is 3.89. The molecule has 33 heavy (non-hydrogen) atoms. The van der Waals surface area contributed by atoms with Crippen molar-refractivity contribution in [2.24, 2.45) is 0 Å². The lowest BCUT2D eigenvalue weighted by Crippen LogP contribution is -2.36. The highest BCUT2D eigenvalue weighted by Crippen LogP contribution is 2.36. The summed E-state index contributed by atoms with van der Waals surface area (Å²) in [6.07, 6.45) is -3.29. The first kappa shape index (κ1) is 23.4. The van der Waals surface area contributed by atoms with E-state index in [2.05, 4.69) is 20.6 Å². The third kappa shape index (κ3) is 5.44. The minimum Gasteiger partial charge on any atom is -0.365 e. The van der Waals surface area contributed by atoms with E-state index in [4.69, 9.17) is 9.47 Å². The van der Waals surface area contributed by atoms with Crippen LogP contribution in [-0.4, -0.2) is 34.6 Å². The second-order valence-corrected chi connectivity index (χ2v) is 8.78. The highest BCUT2D eigenvalue weighted by atomic mass is 19.4. The molecule has 2 heterocycles. The Hall–Kier alpha value is -2.72. The molecule has 2 aromatic rings. The number of carbonyl (C=O) groups excluding carboxylic acids is 1. The summed E-state index contributed by atoms with van der Waals surface area (Å²) in [6.45, 7) is 6.01. The fourth-order valence-corrected chi connectivity index (χ4v) is 3.89. The summed E-state index contributed by atoms with van der Waals surface area (Å²) in [6, 6.07) is 4.09. The molecule has 2 aliphatic rings. The van der Waals surface area contributed by atoms with E-state index in [0.29, 0.717) is 41.7 Å². The number of anilines is 1. The molecule has 1 aromatic carbocycles. The van der Waals surface area contributed by atoms with Crippen LogP contribution in [0.5, 0.6) is 0 Å². The lowest BCUT2D eigenvalue weighted by molar-refractivity contribution is -0.138. The van der Waals surface area contributed by atoms with Crippen molar-refractivity contribution in [2.75, 3.05) is 18.5 Å². The number of hydrogen-bond acceptors (Lipinski definition) is 6. The Balaban J connectivity index is 1.62. The van der Waals surface area contributed by atoms with Gasteiger partial charge in [-0.15, -0.1) is 0 Å². The first-order valence-corrected chi connectivity index (χ1v) is 10.9. The number of aromatic nitrogens is 2. The molecule has 178 valence electrons. The average molecular weight is 464 g/mol. The molecule has 0 radical (unpaired) electrons. The minimum atomic E-state index is -4.43. The Bertz CT molecular complexity index is 1050. The normalized spacial score (nSPS) is 17.8. The van der Waals surface area contributed by atoms with Gasteiger partial charge in [-0.1, -0.05) is 12.1 Å². The van der Waals surface area contributed by atoms with Crippen LogP contribution < -0.4 is 10.6 Å². The number of amides is 1. The molecule has 4 rings (SSSR count). The summed E-state index contributed by atoms with van der Waals surface area (Å²) in [5, 5.41) is 6.14. The van der Waals surface area contributed by atoms with Gasteiger partial charge in [0.2, 0.25) is 5.91 Å². The van der Waals surface area contributed by atoms with Crippen molar-refractivity contribution < 1.29 is 27.4 Å². The van der Waals surface area contributed by atoms with Crippen LogP contribution in [0.2, 0.25) is 0 Å².